The van der Waals surface area contributed by atoms with E-state index < -0.39 is 0 Å². The summed E-state index contributed by atoms with van der Waals surface area (Å²) in [6, 6.07) is 18.8. The lowest BCUT2D eigenvalue weighted by atomic mass is 10.1. The minimum absolute atomic E-state index is 0.396. The summed E-state index contributed by atoms with van der Waals surface area (Å²) in [5.74, 6) is 1.22. The van der Waals surface area contributed by atoms with Crippen molar-refractivity contribution < 1.29 is 4.74 Å². The Morgan fingerprint density at radius 2 is 1.76 bits per heavy atom. The maximum Gasteiger partial charge on any atom is 0.146 e. The molecule has 3 aromatic carbocycles. The molecule has 0 amide bonds. The van der Waals surface area contributed by atoms with Crippen LogP contribution in [0.4, 0.5) is 5.69 Å². The van der Waals surface area contributed by atoms with Gasteiger partial charge in [-0.25, -0.2) is 0 Å². The Hall–Kier alpha value is -2.68. The van der Waals surface area contributed by atoms with Gasteiger partial charge in [0, 0.05) is 10.6 Å². The van der Waals surface area contributed by atoms with Gasteiger partial charge < -0.3 is 4.74 Å². The molecule has 3 aromatic rings. The monoisotopic (exact) mass is 295 g/mol. The van der Waals surface area contributed by atoms with E-state index >= 15 is 0 Å². The molecule has 0 radical (unpaired) electrons. The van der Waals surface area contributed by atoms with Gasteiger partial charge in [-0.05, 0) is 46.6 Å². The van der Waals surface area contributed by atoms with Gasteiger partial charge in [0.1, 0.15) is 11.5 Å². The van der Waals surface area contributed by atoms with Crippen molar-refractivity contribution in [1.82, 2.24) is 0 Å². The molecule has 0 aliphatic heterocycles. The lowest BCUT2D eigenvalue weighted by molar-refractivity contribution is 0.484. The summed E-state index contributed by atoms with van der Waals surface area (Å²) >= 11 is 6.12. The van der Waals surface area contributed by atoms with Crippen LogP contribution in [0.5, 0.6) is 11.5 Å². The molecular weight excluding hydrogens is 286 g/mol. The van der Waals surface area contributed by atoms with Gasteiger partial charge in [0.05, 0.1) is 5.02 Å². The first-order valence-electron chi connectivity index (χ1n) is 6.27. The molecule has 4 nitrogen and oxygen atoms in total. The lowest BCUT2D eigenvalue weighted by Gasteiger charge is -2.09. The Morgan fingerprint density at radius 3 is 2.52 bits per heavy atom. The number of azide groups is 1. The number of rotatable bonds is 3. The van der Waals surface area contributed by atoms with E-state index in [4.69, 9.17) is 21.9 Å². The second kappa shape index (κ2) is 5.75. The molecule has 0 atom stereocenters. The van der Waals surface area contributed by atoms with Crippen LogP contribution in [-0.2, 0) is 0 Å². The van der Waals surface area contributed by atoms with E-state index in [2.05, 4.69) is 10.0 Å². The Kier molecular flexibility index (Phi) is 3.65. The van der Waals surface area contributed by atoms with Gasteiger partial charge in [0.15, 0.2) is 0 Å². The molecule has 0 aromatic heterocycles. The number of nitrogens with zero attached hydrogens (tertiary/aromatic N) is 3. The molecule has 5 heteroatoms. The standard InChI is InChI=1S/C16H10ClN3O/c17-15-10-13(19-20-18)6-8-16(15)21-14-7-5-11-3-1-2-4-12(11)9-14/h1-10H. The average Bonchev–Trinajstić information content (AvgIpc) is 2.50. The van der Waals surface area contributed by atoms with Crippen molar-refractivity contribution in [2.24, 2.45) is 5.11 Å². The van der Waals surface area contributed by atoms with Gasteiger partial charge in [-0.1, -0.05) is 47.0 Å². The quantitative estimate of drug-likeness (QED) is 0.321. The zero-order chi connectivity index (χ0) is 14.7. The van der Waals surface area contributed by atoms with E-state index in [1.165, 1.54) is 0 Å². The maximum absolute atomic E-state index is 8.40. The molecule has 0 saturated carbocycles. The summed E-state index contributed by atoms with van der Waals surface area (Å²) in [6.07, 6.45) is 0. The number of fused-ring (bicyclic) bond motifs is 1. The van der Waals surface area contributed by atoms with Crippen molar-refractivity contribution in [3.8, 4) is 11.5 Å². The fraction of sp³-hybridized carbons (Fsp3) is 0. The van der Waals surface area contributed by atoms with Gasteiger partial charge >= 0.3 is 0 Å². The predicted octanol–water partition coefficient (Wildman–Crippen LogP) is 6.23. The summed E-state index contributed by atoms with van der Waals surface area (Å²) in [4.78, 5) is 2.72. The Labute approximate surface area is 126 Å². The van der Waals surface area contributed by atoms with Crippen LogP contribution >= 0.6 is 11.6 Å². The van der Waals surface area contributed by atoms with E-state index in [-0.39, 0.29) is 0 Å². The number of ether oxygens (including phenoxy) is 1. The largest absolute Gasteiger partial charge is 0.456 e. The molecule has 0 heterocycles. The minimum atomic E-state index is 0.396. The van der Waals surface area contributed by atoms with Crippen LogP contribution in [0.1, 0.15) is 0 Å². The first-order chi connectivity index (χ1) is 10.3. The number of hydrogen-bond donors (Lipinski definition) is 0. The molecule has 0 N–H and O–H groups in total. The summed E-state index contributed by atoms with van der Waals surface area (Å²) in [6.45, 7) is 0. The fourth-order valence-corrected chi connectivity index (χ4v) is 2.26. The normalized spacial score (nSPS) is 10.1. The summed E-state index contributed by atoms with van der Waals surface area (Å²) in [5, 5.41) is 6.14. The SMILES string of the molecule is [N-]=[N+]=Nc1ccc(Oc2ccc3ccccc3c2)c(Cl)c1. The van der Waals surface area contributed by atoms with Gasteiger partial charge in [-0.15, -0.1) is 0 Å². The van der Waals surface area contributed by atoms with Gasteiger partial charge in [-0.2, -0.15) is 0 Å². The third kappa shape index (κ3) is 2.92. The van der Waals surface area contributed by atoms with Crippen molar-refractivity contribution in [2.75, 3.05) is 0 Å². The van der Waals surface area contributed by atoms with Crippen LogP contribution in [-0.4, -0.2) is 0 Å². The topological polar surface area (TPSA) is 58.0 Å². The van der Waals surface area contributed by atoms with E-state index in [9.17, 15) is 0 Å². The van der Waals surface area contributed by atoms with Crippen LogP contribution in [0.2, 0.25) is 5.02 Å². The molecule has 0 fully saturated rings. The van der Waals surface area contributed by atoms with E-state index in [0.29, 0.717) is 22.2 Å². The zero-order valence-corrected chi connectivity index (χ0v) is 11.7. The molecule has 0 bridgehead atoms. The third-order valence-corrected chi connectivity index (χ3v) is 3.32. The Balaban J connectivity index is 1.92. The molecule has 102 valence electrons. The minimum Gasteiger partial charge on any atom is -0.456 e. The maximum atomic E-state index is 8.40. The fourth-order valence-electron chi connectivity index (χ4n) is 2.04. The second-order valence-corrected chi connectivity index (χ2v) is 4.82. The molecule has 0 spiro atoms. The molecule has 3 rings (SSSR count). The highest BCUT2D eigenvalue weighted by Crippen LogP contribution is 2.33. The Bertz CT molecular complexity index is 857. The van der Waals surface area contributed by atoms with Crippen LogP contribution < -0.4 is 4.74 Å². The molecule has 0 aliphatic carbocycles. The van der Waals surface area contributed by atoms with Crippen LogP contribution in [0.3, 0.4) is 0 Å². The zero-order valence-electron chi connectivity index (χ0n) is 10.9. The van der Waals surface area contributed by atoms with Crippen LogP contribution in [0.15, 0.2) is 65.8 Å². The average molecular weight is 296 g/mol. The van der Waals surface area contributed by atoms with Crippen molar-refractivity contribution in [1.29, 1.82) is 0 Å². The second-order valence-electron chi connectivity index (χ2n) is 4.42. The predicted molar refractivity (Wildman–Crippen MR) is 84.3 cm³/mol. The molecule has 0 saturated heterocycles. The van der Waals surface area contributed by atoms with Crippen molar-refractivity contribution in [3.05, 3.63) is 76.1 Å². The van der Waals surface area contributed by atoms with E-state index in [1.54, 1.807) is 18.2 Å². The number of halogens is 1. The smallest absolute Gasteiger partial charge is 0.146 e. The molecule has 21 heavy (non-hydrogen) atoms. The molecule has 0 aliphatic rings. The highest BCUT2D eigenvalue weighted by Gasteiger charge is 2.05. The molecule has 0 unspecified atom stereocenters. The third-order valence-electron chi connectivity index (χ3n) is 3.02. The van der Waals surface area contributed by atoms with E-state index in [1.807, 2.05) is 42.5 Å². The summed E-state index contributed by atoms with van der Waals surface area (Å²) in [5.41, 5.74) is 8.85. The first kappa shape index (κ1) is 13.3. The number of benzene rings is 3. The van der Waals surface area contributed by atoms with Crippen molar-refractivity contribution >= 4 is 28.1 Å². The summed E-state index contributed by atoms with van der Waals surface area (Å²) in [7, 11) is 0. The van der Waals surface area contributed by atoms with Gasteiger partial charge in [0.25, 0.3) is 0 Å². The highest BCUT2D eigenvalue weighted by molar-refractivity contribution is 6.32. The summed E-state index contributed by atoms with van der Waals surface area (Å²) < 4.78 is 5.78. The van der Waals surface area contributed by atoms with Gasteiger partial charge in [-0.3, -0.25) is 0 Å². The van der Waals surface area contributed by atoms with Gasteiger partial charge in [0.2, 0.25) is 0 Å². The van der Waals surface area contributed by atoms with E-state index in [0.717, 1.165) is 10.8 Å². The number of hydrogen-bond acceptors (Lipinski definition) is 2. The lowest BCUT2D eigenvalue weighted by Crippen LogP contribution is -1.85. The van der Waals surface area contributed by atoms with Crippen molar-refractivity contribution in [3.63, 3.8) is 0 Å². The van der Waals surface area contributed by atoms with Crippen molar-refractivity contribution in [2.45, 2.75) is 0 Å². The van der Waals surface area contributed by atoms with Crippen LogP contribution in [0, 0.1) is 0 Å². The molecular formula is C16H10ClN3O. The highest BCUT2D eigenvalue weighted by atomic mass is 35.5. The van der Waals surface area contributed by atoms with Crippen LogP contribution in [0.25, 0.3) is 21.2 Å². The first-order valence-corrected chi connectivity index (χ1v) is 6.65. The Morgan fingerprint density at radius 1 is 0.952 bits per heavy atom.